The van der Waals surface area contributed by atoms with Crippen molar-refractivity contribution >= 4 is 34.9 Å². The van der Waals surface area contributed by atoms with Crippen LogP contribution in [0.25, 0.3) is 11.3 Å². The molecule has 38 heavy (non-hydrogen) atoms. The molecule has 0 aliphatic carbocycles. The second kappa shape index (κ2) is 9.85. The molecule has 1 saturated heterocycles. The second-order valence-electron chi connectivity index (χ2n) is 9.27. The van der Waals surface area contributed by atoms with Crippen LogP contribution in [0.1, 0.15) is 21.5 Å². The number of amides is 2. The van der Waals surface area contributed by atoms with E-state index in [1.165, 1.54) is 16.7 Å². The van der Waals surface area contributed by atoms with Crippen LogP contribution in [0.3, 0.4) is 0 Å². The smallest absolute Gasteiger partial charge is 0.335 e. The van der Waals surface area contributed by atoms with Gasteiger partial charge >= 0.3 is 12.0 Å². The van der Waals surface area contributed by atoms with Gasteiger partial charge in [0.05, 0.1) is 11.3 Å². The lowest BCUT2D eigenvalue weighted by molar-refractivity contribution is 0.0697. The summed E-state index contributed by atoms with van der Waals surface area (Å²) in [4.78, 5) is 45.4. The average Bonchev–Trinajstić information content (AvgIpc) is 3.28. The van der Waals surface area contributed by atoms with Crippen LogP contribution in [0.2, 0.25) is 0 Å². The number of benzene rings is 3. The zero-order valence-corrected chi connectivity index (χ0v) is 21.3. The van der Waals surface area contributed by atoms with E-state index in [9.17, 15) is 14.4 Å². The molecule has 192 valence electrons. The first kappa shape index (κ1) is 24.8. The van der Waals surface area contributed by atoms with Gasteiger partial charge in [-0.2, -0.15) is 0 Å². The third kappa shape index (κ3) is 4.61. The second-order valence-corrected chi connectivity index (χ2v) is 9.27. The molecule has 4 aromatic rings. The number of aryl methyl sites for hydroxylation is 2. The SMILES string of the molecule is Cc1ccc(N2CCN(c3cccc(-c4cn(C)c(=O)c(Nc5ccc(C(=O)O)cc5)n4)c3C)C2=O)cc1. The third-order valence-electron chi connectivity index (χ3n) is 6.69. The first-order valence-corrected chi connectivity index (χ1v) is 12.2. The van der Waals surface area contributed by atoms with Gasteiger partial charge in [-0.05, 0) is 61.9 Å². The van der Waals surface area contributed by atoms with E-state index in [-0.39, 0.29) is 23.0 Å². The van der Waals surface area contributed by atoms with Crippen molar-refractivity contribution in [3.63, 3.8) is 0 Å². The van der Waals surface area contributed by atoms with Crippen LogP contribution < -0.4 is 20.7 Å². The Kier molecular flexibility index (Phi) is 6.42. The first-order valence-electron chi connectivity index (χ1n) is 12.2. The molecule has 9 nitrogen and oxygen atoms in total. The van der Waals surface area contributed by atoms with Crippen molar-refractivity contribution in [3.05, 3.63) is 100.0 Å². The molecule has 0 bridgehead atoms. The average molecular weight is 510 g/mol. The summed E-state index contributed by atoms with van der Waals surface area (Å²) in [6.45, 7) is 5.09. The van der Waals surface area contributed by atoms with Crippen LogP contribution in [-0.2, 0) is 7.05 Å². The van der Waals surface area contributed by atoms with Crippen molar-refractivity contribution in [1.29, 1.82) is 0 Å². The summed E-state index contributed by atoms with van der Waals surface area (Å²) in [6.07, 6.45) is 1.66. The Morgan fingerprint density at radius 1 is 0.921 bits per heavy atom. The van der Waals surface area contributed by atoms with Crippen LogP contribution in [0.15, 0.2) is 77.7 Å². The van der Waals surface area contributed by atoms with Crippen molar-refractivity contribution in [2.24, 2.45) is 7.05 Å². The highest BCUT2D eigenvalue weighted by atomic mass is 16.4. The van der Waals surface area contributed by atoms with Gasteiger partial charge in [0.15, 0.2) is 5.82 Å². The highest BCUT2D eigenvalue weighted by Gasteiger charge is 2.32. The van der Waals surface area contributed by atoms with E-state index in [2.05, 4.69) is 10.3 Å². The van der Waals surface area contributed by atoms with Gasteiger partial charge in [0.1, 0.15) is 0 Å². The van der Waals surface area contributed by atoms with E-state index in [1.54, 1.807) is 35.2 Å². The van der Waals surface area contributed by atoms with Gasteiger partial charge < -0.3 is 15.0 Å². The molecule has 2 amide bonds. The standard InChI is InChI=1S/C29H27N5O4/c1-18-7-13-22(14-8-18)33-15-16-34(29(33)38)25-6-4-5-23(19(25)2)24-17-32(3)27(35)26(31-24)30-21-11-9-20(10-12-21)28(36)37/h4-14,17H,15-16H2,1-3H3,(H,30,31)(H,36,37). The van der Waals surface area contributed by atoms with Crippen molar-refractivity contribution in [1.82, 2.24) is 9.55 Å². The maximum atomic E-state index is 13.4. The number of nitrogens with one attached hydrogen (secondary N) is 1. The number of hydrogen-bond acceptors (Lipinski definition) is 5. The van der Waals surface area contributed by atoms with Crippen LogP contribution in [0.4, 0.5) is 27.7 Å². The maximum absolute atomic E-state index is 13.4. The highest BCUT2D eigenvalue weighted by molar-refractivity contribution is 6.07. The van der Waals surface area contributed by atoms with Gasteiger partial charge in [-0.3, -0.25) is 14.6 Å². The fraction of sp³-hybridized carbons (Fsp3) is 0.172. The zero-order valence-electron chi connectivity index (χ0n) is 21.3. The monoisotopic (exact) mass is 509 g/mol. The van der Waals surface area contributed by atoms with E-state index in [0.717, 1.165) is 28.1 Å². The first-order chi connectivity index (χ1) is 18.2. The predicted molar refractivity (Wildman–Crippen MR) is 148 cm³/mol. The number of carboxylic acid groups (broad SMARTS) is 1. The number of aromatic carboxylic acids is 1. The van der Waals surface area contributed by atoms with E-state index in [4.69, 9.17) is 5.11 Å². The minimum absolute atomic E-state index is 0.0883. The topological polar surface area (TPSA) is 108 Å². The van der Waals surface area contributed by atoms with Crippen molar-refractivity contribution < 1.29 is 14.7 Å². The lowest BCUT2D eigenvalue weighted by Crippen LogP contribution is -2.32. The summed E-state index contributed by atoms with van der Waals surface area (Å²) in [5.74, 6) is -0.915. The molecule has 2 N–H and O–H groups in total. The fourth-order valence-electron chi connectivity index (χ4n) is 4.57. The Morgan fingerprint density at radius 3 is 2.29 bits per heavy atom. The molecule has 0 spiro atoms. The Hall–Kier alpha value is -4.92. The lowest BCUT2D eigenvalue weighted by Gasteiger charge is -2.22. The molecule has 1 aliphatic rings. The van der Waals surface area contributed by atoms with Crippen LogP contribution >= 0.6 is 0 Å². The predicted octanol–water partition coefficient (Wildman–Crippen LogP) is 4.95. The zero-order chi connectivity index (χ0) is 27.0. The molecule has 1 aliphatic heterocycles. The summed E-state index contributed by atoms with van der Waals surface area (Å²) >= 11 is 0. The largest absolute Gasteiger partial charge is 0.478 e. The summed E-state index contributed by atoms with van der Waals surface area (Å²) in [6, 6.07) is 19.6. The lowest BCUT2D eigenvalue weighted by atomic mass is 10.0. The molecule has 0 radical (unpaired) electrons. The summed E-state index contributed by atoms with van der Waals surface area (Å²) in [7, 11) is 1.65. The van der Waals surface area contributed by atoms with E-state index < -0.39 is 5.97 Å². The number of hydrogen-bond donors (Lipinski definition) is 2. The molecule has 0 saturated carbocycles. The van der Waals surface area contributed by atoms with Gasteiger partial charge in [-0.15, -0.1) is 0 Å². The van der Waals surface area contributed by atoms with Crippen molar-refractivity contribution in [3.8, 4) is 11.3 Å². The van der Waals surface area contributed by atoms with E-state index in [1.807, 2.05) is 56.3 Å². The summed E-state index contributed by atoms with van der Waals surface area (Å²) in [5, 5.41) is 12.1. The fourth-order valence-corrected chi connectivity index (χ4v) is 4.57. The summed E-state index contributed by atoms with van der Waals surface area (Å²) in [5.41, 5.74) is 5.39. The molecular formula is C29H27N5O4. The van der Waals surface area contributed by atoms with Gasteiger partial charge in [-0.25, -0.2) is 14.6 Å². The van der Waals surface area contributed by atoms with Crippen LogP contribution in [0.5, 0.6) is 0 Å². The minimum Gasteiger partial charge on any atom is -0.478 e. The molecule has 2 heterocycles. The maximum Gasteiger partial charge on any atom is 0.335 e. The molecule has 1 fully saturated rings. The van der Waals surface area contributed by atoms with Crippen LogP contribution in [-0.4, -0.2) is 39.7 Å². The Bertz CT molecular complexity index is 1590. The number of carbonyl (C=O) groups excluding carboxylic acids is 1. The number of urea groups is 1. The van der Waals surface area contributed by atoms with Gasteiger partial charge in [0, 0.05) is 49.0 Å². The Morgan fingerprint density at radius 2 is 1.61 bits per heavy atom. The molecule has 9 heteroatoms. The Balaban J connectivity index is 1.46. The van der Waals surface area contributed by atoms with Gasteiger partial charge in [0.2, 0.25) is 0 Å². The number of rotatable bonds is 6. The molecule has 0 atom stereocenters. The summed E-state index contributed by atoms with van der Waals surface area (Å²) < 4.78 is 1.45. The molecular weight excluding hydrogens is 482 g/mol. The Labute approximate surface area is 219 Å². The minimum atomic E-state index is -1.03. The number of aromatic nitrogens is 2. The van der Waals surface area contributed by atoms with Gasteiger partial charge in [-0.1, -0.05) is 29.8 Å². The van der Waals surface area contributed by atoms with Gasteiger partial charge in [0.25, 0.3) is 5.56 Å². The number of anilines is 4. The molecule has 5 rings (SSSR count). The number of carbonyl (C=O) groups is 2. The van der Waals surface area contributed by atoms with E-state index >= 15 is 0 Å². The van der Waals surface area contributed by atoms with Crippen LogP contribution in [0, 0.1) is 13.8 Å². The quantitative estimate of drug-likeness (QED) is 0.381. The van der Waals surface area contributed by atoms with E-state index in [0.29, 0.717) is 24.5 Å². The van der Waals surface area contributed by atoms with Crippen molar-refractivity contribution in [2.75, 3.05) is 28.2 Å². The third-order valence-corrected chi connectivity index (χ3v) is 6.69. The molecule has 1 aromatic heterocycles. The highest BCUT2D eigenvalue weighted by Crippen LogP contribution is 2.33. The number of carboxylic acids is 1. The molecule has 3 aromatic carbocycles. The normalized spacial score (nSPS) is 13.2. The molecule has 0 unspecified atom stereocenters. The number of nitrogens with zero attached hydrogens (tertiary/aromatic N) is 4. The van der Waals surface area contributed by atoms with Crippen molar-refractivity contribution in [2.45, 2.75) is 13.8 Å².